The van der Waals surface area contributed by atoms with Gasteiger partial charge < -0.3 is 15.2 Å². The van der Waals surface area contributed by atoms with Gasteiger partial charge in [0, 0.05) is 25.3 Å². The van der Waals surface area contributed by atoms with E-state index in [0.29, 0.717) is 31.0 Å². The molecule has 1 aliphatic rings. The molecule has 0 saturated carbocycles. The number of hydrogen-bond acceptors (Lipinski definition) is 7. The molecule has 1 amide bonds. The Labute approximate surface area is 212 Å². The van der Waals surface area contributed by atoms with Crippen molar-refractivity contribution in [1.29, 1.82) is 0 Å². The zero-order valence-corrected chi connectivity index (χ0v) is 20.7. The molecular formula is C25H28F2N6O4. The number of amides is 1. The van der Waals surface area contributed by atoms with Crippen LogP contribution in [-0.2, 0) is 28.1 Å². The van der Waals surface area contributed by atoms with Gasteiger partial charge in [-0.2, -0.15) is 8.78 Å². The predicted molar refractivity (Wildman–Crippen MR) is 129 cm³/mol. The Balaban J connectivity index is 1.61. The minimum atomic E-state index is -3.09. The van der Waals surface area contributed by atoms with Crippen LogP contribution in [0.25, 0.3) is 0 Å². The van der Waals surface area contributed by atoms with Crippen LogP contribution in [0.4, 0.5) is 14.5 Å². The Hall–Kier alpha value is -3.93. The number of aliphatic carboxylic acids is 1. The number of likely N-dealkylation sites (tertiary alicyclic amines) is 1. The molecule has 0 aliphatic carbocycles. The van der Waals surface area contributed by atoms with Crippen LogP contribution >= 0.6 is 0 Å². The fourth-order valence-corrected chi connectivity index (χ4v) is 4.60. The van der Waals surface area contributed by atoms with Crippen molar-refractivity contribution >= 4 is 17.6 Å². The molecule has 1 aromatic carbocycles. The number of carboxylic acids is 1. The number of carbonyl (C=O) groups is 2. The van der Waals surface area contributed by atoms with Crippen molar-refractivity contribution in [3.8, 4) is 5.88 Å². The summed E-state index contributed by atoms with van der Waals surface area (Å²) in [5.41, 5.74) is 2.00. The van der Waals surface area contributed by atoms with Crippen LogP contribution in [0.2, 0.25) is 0 Å². The van der Waals surface area contributed by atoms with Crippen molar-refractivity contribution in [1.82, 2.24) is 24.9 Å². The molecular weight excluding hydrogens is 486 g/mol. The van der Waals surface area contributed by atoms with Crippen molar-refractivity contribution in [2.75, 3.05) is 18.4 Å². The molecule has 4 rings (SSSR count). The van der Waals surface area contributed by atoms with Crippen molar-refractivity contribution in [3.05, 3.63) is 65.1 Å². The third kappa shape index (κ3) is 5.74. The zero-order chi connectivity index (χ0) is 26.7. The van der Waals surface area contributed by atoms with Crippen LogP contribution < -0.4 is 10.1 Å². The second kappa shape index (κ2) is 10.6. The minimum absolute atomic E-state index is 0.0624. The number of carbonyl (C=O) groups excluding carboxylic acids is 1. The Morgan fingerprint density at radius 2 is 1.92 bits per heavy atom. The number of carboxylic acid groups (broad SMARTS) is 1. The molecule has 12 heteroatoms. The number of nitrogens with zero attached hydrogens (tertiary/aromatic N) is 5. The highest BCUT2D eigenvalue weighted by atomic mass is 19.3. The summed E-state index contributed by atoms with van der Waals surface area (Å²) >= 11 is 0. The van der Waals surface area contributed by atoms with Gasteiger partial charge in [-0.05, 0) is 36.1 Å². The van der Waals surface area contributed by atoms with E-state index in [-0.39, 0.29) is 29.9 Å². The average molecular weight is 515 g/mol. The first-order valence-corrected chi connectivity index (χ1v) is 11.7. The number of aromatic nitrogens is 4. The van der Waals surface area contributed by atoms with E-state index in [0.717, 1.165) is 11.1 Å². The van der Waals surface area contributed by atoms with E-state index in [1.54, 1.807) is 19.2 Å². The highest BCUT2D eigenvalue weighted by Gasteiger charge is 2.51. The normalized spacial score (nSPS) is 15.0. The van der Waals surface area contributed by atoms with Crippen molar-refractivity contribution in [3.63, 3.8) is 0 Å². The van der Waals surface area contributed by atoms with Crippen molar-refractivity contribution in [2.24, 2.45) is 0 Å². The molecule has 0 radical (unpaired) electrons. The Morgan fingerprint density at radius 3 is 2.59 bits per heavy atom. The number of aryl methyl sites for hydroxylation is 1. The molecule has 196 valence electrons. The number of halogens is 2. The minimum Gasteiger partial charge on any atom is -0.480 e. The fraction of sp³-hybridized carbons (Fsp3) is 0.400. The van der Waals surface area contributed by atoms with E-state index in [1.165, 1.54) is 10.7 Å². The van der Waals surface area contributed by atoms with Gasteiger partial charge in [0.05, 0.1) is 17.3 Å². The van der Waals surface area contributed by atoms with Crippen LogP contribution in [0, 0.1) is 6.92 Å². The van der Waals surface area contributed by atoms with Crippen LogP contribution in [0.15, 0.2) is 42.6 Å². The zero-order valence-electron chi connectivity index (χ0n) is 20.7. The number of hydrogen-bond donors (Lipinski definition) is 2. The van der Waals surface area contributed by atoms with Gasteiger partial charge in [-0.25, -0.2) is 9.67 Å². The summed E-state index contributed by atoms with van der Waals surface area (Å²) in [6.45, 7) is 3.37. The standard InChI is InChI=1S/C25H28F2N6O4/c1-15(2)18-6-4-5-7-19(18)25(13-32(14-25)10-17-11-33(31-30-17)12-21(34)35)23(36)29-20-9-8-16(3)28-22(20)37-24(26)27/h4-9,11,15,24H,10,12-14H2,1-3H3,(H,29,36)(H,34,35). The quantitative estimate of drug-likeness (QED) is 0.423. The summed E-state index contributed by atoms with van der Waals surface area (Å²) in [6, 6.07) is 10.8. The number of ether oxygens (including phenoxy) is 1. The maximum Gasteiger partial charge on any atom is 0.388 e. The third-order valence-electron chi connectivity index (χ3n) is 6.24. The maximum absolute atomic E-state index is 13.8. The average Bonchev–Trinajstić information content (AvgIpc) is 3.23. The lowest BCUT2D eigenvalue weighted by atomic mass is 9.69. The molecule has 1 fully saturated rings. The summed E-state index contributed by atoms with van der Waals surface area (Å²) < 4.78 is 31.8. The van der Waals surface area contributed by atoms with E-state index >= 15 is 0 Å². The van der Waals surface area contributed by atoms with Gasteiger partial charge in [0.15, 0.2) is 0 Å². The highest BCUT2D eigenvalue weighted by molar-refractivity contribution is 6.01. The van der Waals surface area contributed by atoms with E-state index in [2.05, 4.69) is 25.3 Å². The molecule has 0 bridgehead atoms. The fourth-order valence-electron chi connectivity index (χ4n) is 4.60. The van der Waals surface area contributed by atoms with Crippen LogP contribution in [0.1, 0.15) is 42.3 Å². The van der Waals surface area contributed by atoms with Gasteiger partial charge in [-0.1, -0.05) is 43.3 Å². The highest BCUT2D eigenvalue weighted by Crippen LogP contribution is 2.41. The van der Waals surface area contributed by atoms with E-state index in [9.17, 15) is 18.4 Å². The summed E-state index contributed by atoms with van der Waals surface area (Å²) in [5, 5.41) is 19.6. The number of pyridine rings is 1. The number of benzene rings is 1. The third-order valence-corrected chi connectivity index (χ3v) is 6.24. The molecule has 0 unspecified atom stereocenters. The predicted octanol–water partition coefficient (Wildman–Crippen LogP) is 3.18. The summed E-state index contributed by atoms with van der Waals surface area (Å²) in [5.74, 6) is -1.59. The molecule has 1 saturated heterocycles. The van der Waals surface area contributed by atoms with Crippen LogP contribution in [-0.4, -0.2) is 61.6 Å². The summed E-state index contributed by atoms with van der Waals surface area (Å²) in [6.07, 6.45) is 1.56. The SMILES string of the molecule is Cc1ccc(NC(=O)C2(c3ccccc3C(C)C)CN(Cc3cn(CC(=O)O)nn3)C2)c(OC(F)F)n1. The molecule has 37 heavy (non-hydrogen) atoms. The smallest absolute Gasteiger partial charge is 0.388 e. The molecule has 1 aliphatic heterocycles. The molecule has 3 heterocycles. The molecule has 0 spiro atoms. The van der Waals surface area contributed by atoms with E-state index in [4.69, 9.17) is 5.11 Å². The number of anilines is 1. The summed E-state index contributed by atoms with van der Waals surface area (Å²) in [7, 11) is 0. The maximum atomic E-state index is 13.8. The Kier molecular flexibility index (Phi) is 7.48. The van der Waals surface area contributed by atoms with Gasteiger partial charge >= 0.3 is 12.6 Å². The Morgan fingerprint density at radius 1 is 1.19 bits per heavy atom. The Bertz CT molecular complexity index is 1290. The monoisotopic (exact) mass is 514 g/mol. The van der Waals surface area contributed by atoms with Gasteiger partial charge in [-0.3, -0.25) is 14.5 Å². The topological polar surface area (TPSA) is 122 Å². The van der Waals surface area contributed by atoms with E-state index in [1.807, 2.05) is 43.0 Å². The second-order valence-corrected chi connectivity index (χ2v) is 9.41. The van der Waals surface area contributed by atoms with Gasteiger partial charge in [0.2, 0.25) is 11.8 Å². The number of rotatable bonds is 10. The molecule has 0 atom stereocenters. The number of alkyl halides is 2. The summed E-state index contributed by atoms with van der Waals surface area (Å²) in [4.78, 5) is 30.8. The molecule has 2 N–H and O–H groups in total. The first-order chi connectivity index (χ1) is 17.6. The van der Waals surface area contributed by atoms with Crippen LogP contribution in [0.5, 0.6) is 5.88 Å². The van der Waals surface area contributed by atoms with Gasteiger partial charge in [-0.15, -0.1) is 5.10 Å². The van der Waals surface area contributed by atoms with Gasteiger partial charge in [0.1, 0.15) is 12.2 Å². The van der Waals surface area contributed by atoms with E-state index < -0.39 is 18.0 Å². The molecule has 3 aromatic rings. The van der Waals surface area contributed by atoms with Gasteiger partial charge in [0.25, 0.3) is 0 Å². The number of nitrogens with one attached hydrogen (secondary N) is 1. The first kappa shape index (κ1) is 26.1. The van der Waals surface area contributed by atoms with Crippen LogP contribution in [0.3, 0.4) is 0 Å². The first-order valence-electron chi connectivity index (χ1n) is 11.7. The van der Waals surface area contributed by atoms with Crippen molar-refractivity contribution < 1.29 is 28.2 Å². The lowest BCUT2D eigenvalue weighted by Gasteiger charge is -2.50. The molecule has 2 aromatic heterocycles. The largest absolute Gasteiger partial charge is 0.480 e. The van der Waals surface area contributed by atoms with Crippen molar-refractivity contribution in [2.45, 2.75) is 51.8 Å². The lowest BCUT2D eigenvalue weighted by molar-refractivity contribution is -0.138. The lowest BCUT2D eigenvalue weighted by Crippen LogP contribution is -2.64. The molecule has 10 nitrogen and oxygen atoms in total. The second-order valence-electron chi connectivity index (χ2n) is 9.41.